The Morgan fingerprint density at radius 2 is 1.48 bits per heavy atom. The van der Waals surface area contributed by atoms with E-state index >= 15 is 0 Å². The summed E-state index contributed by atoms with van der Waals surface area (Å²) in [4.78, 5) is 1.59. The molecule has 2 N–H and O–H groups in total. The van der Waals surface area contributed by atoms with Crippen LogP contribution < -0.4 is 4.90 Å². The molecular formula is C19H36NO+. The van der Waals surface area contributed by atoms with E-state index in [0.717, 1.165) is 44.1 Å². The lowest BCUT2D eigenvalue weighted by molar-refractivity contribution is -0.893. The normalized spacial score (nSPS) is 18.1. The predicted octanol–water partition coefficient (Wildman–Crippen LogP) is 2.66. The van der Waals surface area contributed by atoms with Crippen LogP contribution in [0.15, 0.2) is 0 Å². The summed E-state index contributed by atoms with van der Waals surface area (Å²) in [6.45, 7) is 12.5. The summed E-state index contributed by atoms with van der Waals surface area (Å²) < 4.78 is 0. The highest BCUT2D eigenvalue weighted by Gasteiger charge is 2.26. The van der Waals surface area contributed by atoms with Crippen molar-refractivity contribution in [2.24, 2.45) is 11.8 Å². The predicted molar refractivity (Wildman–Crippen MR) is 90.3 cm³/mol. The number of hydrogen-bond donors (Lipinski definition) is 2. The molecule has 0 amide bonds. The van der Waals surface area contributed by atoms with Gasteiger partial charge in [0.25, 0.3) is 0 Å². The first-order chi connectivity index (χ1) is 9.91. The molecule has 1 aliphatic rings. The summed E-state index contributed by atoms with van der Waals surface area (Å²) in [5.41, 5.74) is -0.681. The van der Waals surface area contributed by atoms with Crippen molar-refractivity contribution in [3.63, 3.8) is 0 Å². The lowest BCUT2D eigenvalue weighted by atomic mass is 9.85. The van der Waals surface area contributed by atoms with Crippen LogP contribution in [-0.4, -0.2) is 30.3 Å². The molecule has 1 rings (SSSR count). The summed E-state index contributed by atoms with van der Waals surface area (Å²) in [5, 5.41) is 10.4. The first-order valence-corrected chi connectivity index (χ1v) is 8.97. The van der Waals surface area contributed by atoms with Crippen LogP contribution >= 0.6 is 0 Å². The maximum atomic E-state index is 10.4. The third kappa shape index (κ3) is 8.49. The molecule has 2 heteroatoms. The van der Waals surface area contributed by atoms with Crippen molar-refractivity contribution in [1.82, 2.24) is 0 Å². The van der Waals surface area contributed by atoms with Crippen molar-refractivity contribution < 1.29 is 10.0 Å². The van der Waals surface area contributed by atoms with Crippen LogP contribution in [0, 0.1) is 23.7 Å². The fraction of sp³-hybridized carbons (Fsp3) is 0.895. The Morgan fingerprint density at radius 3 is 1.95 bits per heavy atom. The van der Waals surface area contributed by atoms with Crippen molar-refractivity contribution in [1.29, 1.82) is 0 Å². The van der Waals surface area contributed by atoms with Gasteiger partial charge >= 0.3 is 0 Å². The maximum absolute atomic E-state index is 10.4. The van der Waals surface area contributed by atoms with E-state index in [-0.39, 0.29) is 0 Å². The quantitative estimate of drug-likeness (QED) is 0.693. The molecule has 0 radical (unpaired) electrons. The molecule has 0 bridgehead atoms. The molecule has 1 saturated carbocycles. The highest BCUT2D eigenvalue weighted by molar-refractivity contribution is 5.14. The van der Waals surface area contributed by atoms with Gasteiger partial charge in [0.05, 0.1) is 13.1 Å². The van der Waals surface area contributed by atoms with Gasteiger partial charge in [-0.05, 0) is 56.3 Å². The van der Waals surface area contributed by atoms with Crippen molar-refractivity contribution in [3.05, 3.63) is 0 Å². The number of rotatable bonds is 7. The third-order valence-corrected chi connectivity index (χ3v) is 4.49. The topological polar surface area (TPSA) is 24.7 Å². The van der Waals surface area contributed by atoms with E-state index in [2.05, 4.69) is 39.5 Å². The van der Waals surface area contributed by atoms with Gasteiger partial charge in [-0.3, -0.25) is 0 Å². The van der Waals surface area contributed by atoms with Gasteiger partial charge in [-0.2, -0.15) is 0 Å². The summed E-state index contributed by atoms with van der Waals surface area (Å²) in [6.07, 6.45) is 7.77. The van der Waals surface area contributed by atoms with E-state index in [0.29, 0.717) is 0 Å². The first kappa shape index (κ1) is 18.5. The highest BCUT2D eigenvalue weighted by atomic mass is 16.3. The largest absolute Gasteiger partial charge is 0.378 e. The average molecular weight is 295 g/mol. The van der Waals surface area contributed by atoms with Gasteiger partial charge in [-0.1, -0.05) is 40.0 Å². The van der Waals surface area contributed by atoms with E-state index in [4.69, 9.17) is 0 Å². The minimum Gasteiger partial charge on any atom is -0.378 e. The zero-order valence-electron chi connectivity index (χ0n) is 14.7. The van der Waals surface area contributed by atoms with Gasteiger partial charge in [-0.25, -0.2) is 0 Å². The lowest BCUT2D eigenvalue weighted by Crippen LogP contribution is -3.12. The molecule has 0 unspecified atom stereocenters. The van der Waals surface area contributed by atoms with Gasteiger partial charge in [0.1, 0.15) is 12.1 Å². The molecule has 21 heavy (non-hydrogen) atoms. The molecule has 0 spiro atoms. The molecule has 0 aromatic heterocycles. The second-order valence-electron chi connectivity index (χ2n) is 7.69. The van der Waals surface area contributed by atoms with Gasteiger partial charge in [0, 0.05) is 0 Å². The number of hydrogen-bond acceptors (Lipinski definition) is 1. The van der Waals surface area contributed by atoms with Gasteiger partial charge in [0.2, 0.25) is 0 Å². The summed E-state index contributed by atoms with van der Waals surface area (Å²) in [6, 6.07) is 0. The van der Waals surface area contributed by atoms with Gasteiger partial charge in [-0.15, -0.1) is 0 Å². The fourth-order valence-electron chi connectivity index (χ4n) is 2.88. The van der Waals surface area contributed by atoms with E-state index < -0.39 is 5.60 Å². The molecule has 122 valence electrons. The standard InChI is InChI=1S/C19H35NO/c1-17(2)9-15-20(16-10-18(3)4)14-8-13-19(21)11-6-5-7-12-19/h17-18,21H,5-7,9-12,14-16H2,1-4H3/p+1. The number of nitrogens with one attached hydrogen (secondary N) is 1. The second-order valence-corrected chi connectivity index (χ2v) is 7.69. The van der Waals surface area contributed by atoms with Crippen LogP contribution in [0.1, 0.15) is 72.6 Å². The molecule has 1 fully saturated rings. The van der Waals surface area contributed by atoms with Crippen molar-refractivity contribution in [2.75, 3.05) is 19.6 Å². The van der Waals surface area contributed by atoms with Crippen LogP contribution in [0.2, 0.25) is 0 Å². The smallest absolute Gasteiger partial charge is 0.139 e. The Kier molecular flexibility index (Phi) is 8.37. The van der Waals surface area contributed by atoms with E-state index in [9.17, 15) is 5.11 Å². The zero-order chi connectivity index (χ0) is 15.7. The van der Waals surface area contributed by atoms with E-state index in [1.807, 2.05) is 0 Å². The molecule has 0 atom stereocenters. The van der Waals surface area contributed by atoms with Crippen molar-refractivity contribution in [3.8, 4) is 11.8 Å². The molecule has 1 aliphatic carbocycles. The van der Waals surface area contributed by atoms with Crippen LogP contribution in [0.5, 0.6) is 0 Å². The highest BCUT2D eigenvalue weighted by Crippen LogP contribution is 2.26. The molecule has 0 saturated heterocycles. The maximum Gasteiger partial charge on any atom is 0.139 e. The molecule has 0 aliphatic heterocycles. The lowest BCUT2D eigenvalue weighted by Gasteiger charge is -2.26. The summed E-state index contributed by atoms with van der Waals surface area (Å²) >= 11 is 0. The van der Waals surface area contributed by atoms with E-state index in [1.54, 1.807) is 4.90 Å². The van der Waals surface area contributed by atoms with Gasteiger partial charge < -0.3 is 10.0 Å². The fourth-order valence-corrected chi connectivity index (χ4v) is 2.88. The van der Waals surface area contributed by atoms with Crippen molar-refractivity contribution >= 4 is 0 Å². The molecule has 2 nitrogen and oxygen atoms in total. The Morgan fingerprint density at radius 1 is 0.952 bits per heavy atom. The summed E-state index contributed by atoms with van der Waals surface area (Å²) in [7, 11) is 0. The zero-order valence-corrected chi connectivity index (χ0v) is 14.7. The van der Waals surface area contributed by atoms with Crippen LogP contribution in [0.3, 0.4) is 0 Å². The Bertz CT molecular complexity index is 319. The average Bonchev–Trinajstić information content (AvgIpc) is 2.41. The Labute approximate surface area is 132 Å². The Hall–Kier alpha value is -0.520. The van der Waals surface area contributed by atoms with Crippen molar-refractivity contribution in [2.45, 2.75) is 78.2 Å². The van der Waals surface area contributed by atoms with Gasteiger partial charge in [0.15, 0.2) is 0 Å². The number of quaternary nitrogens is 1. The molecule has 0 heterocycles. The molecule has 0 aromatic rings. The summed E-state index contributed by atoms with van der Waals surface area (Å²) in [5.74, 6) is 8.01. The second kappa shape index (κ2) is 9.49. The van der Waals surface area contributed by atoms with E-state index in [1.165, 1.54) is 32.4 Å². The van der Waals surface area contributed by atoms with Crippen LogP contribution in [-0.2, 0) is 0 Å². The minimum absolute atomic E-state index is 0.681. The first-order valence-electron chi connectivity index (χ1n) is 8.97. The third-order valence-electron chi connectivity index (χ3n) is 4.49. The Balaban J connectivity index is 2.46. The van der Waals surface area contributed by atoms with Crippen LogP contribution in [0.25, 0.3) is 0 Å². The molecule has 0 aromatic carbocycles. The molecular weight excluding hydrogens is 258 g/mol. The number of aliphatic hydroxyl groups is 1. The van der Waals surface area contributed by atoms with Crippen LogP contribution in [0.4, 0.5) is 0 Å². The minimum atomic E-state index is -0.681. The monoisotopic (exact) mass is 294 g/mol. The SMILES string of the molecule is CC(C)CC[NH+](CC#CC1(O)CCCCC1)CCC(C)C.